The Bertz CT molecular complexity index is 1180. The van der Waals surface area contributed by atoms with E-state index in [0.717, 1.165) is 43.4 Å². The number of aryl methyl sites for hydroxylation is 1. The topological polar surface area (TPSA) is 76.3 Å². The lowest BCUT2D eigenvalue weighted by atomic mass is 9.86. The van der Waals surface area contributed by atoms with Crippen molar-refractivity contribution in [1.82, 2.24) is 14.4 Å². The van der Waals surface area contributed by atoms with E-state index in [-0.39, 0.29) is 40.4 Å². The highest BCUT2D eigenvalue weighted by molar-refractivity contribution is 7.89. The summed E-state index contributed by atoms with van der Waals surface area (Å²) < 4.78 is 63.0. The first-order valence-corrected chi connectivity index (χ1v) is 12.0. The molecule has 32 heavy (non-hydrogen) atoms. The van der Waals surface area contributed by atoms with Gasteiger partial charge in [0.1, 0.15) is 11.6 Å². The van der Waals surface area contributed by atoms with E-state index in [1.165, 1.54) is 4.31 Å². The van der Waals surface area contributed by atoms with Crippen molar-refractivity contribution in [3.05, 3.63) is 65.6 Å². The number of nitrogens with zero attached hydrogens (tertiary/aromatic N) is 3. The van der Waals surface area contributed by atoms with Crippen molar-refractivity contribution in [1.29, 1.82) is 0 Å². The van der Waals surface area contributed by atoms with E-state index >= 15 is 4.39 Å². The summed E-state index contributed by atoms with van der Waals surface area (Å²) in [4.78, 5) is 3.90. The fourth-order valence-electron chi connectivity index (χ4n) is 4.29. The predicted octanol–water partition coefficient (Wildman–Crippen LogP) is 5.09. The Labute approximate surface area is 186 Å². The molecule has 2 aromatic carbocycles. The molecule has 0 aliphatic heterocycles. The minimum Gasteiger partial charge on any atom is -0.342 e. The molecule has 2 atom stereocenters. The van der Waals surface area contributed by atoms with Crippen LogP contribution in [0.3, 0.4) is 0 Å². The SMILES string of the molecule is Cc1ccc(S(=O)(=O)N(Cc2cc(F)c(-c3ncon3)cc2F)C2CCCCC2C)cc1. The number of benzene rings is 2. The smallest absolute Gasteiger partial charge is 0.243 e. The van der Waals surface area contributed by atoms with Crippen molar-refractivity contribution in [2.75, 3.05) is 0 Å². The Morgan fingerprint density at radius 3 is 2.47 bits per heavy atom. The van der Waals surface area contributed by atoms with Gasteiger partial charge in [-0.3, -0.25) is 0 Å². The number of aromatic nitrogens is 2. The lowest BCUT2D eigenvalue weighted by Gasteiger charge is -2.38. The molecule has 0 saturated heterocycles. The molecule has 2 unspecified atom stereocenters. The van der Waals surface area contributed by atoms with Crippen LogP contribution in [-0.2, 0) is 16.6 Å². The summed E-state index contributed by atoms with van der Waals surface area (Å²) >= 11 is 0. The summed E-state index contributed by atoms with van der Waals surface area (Å²) in [5.41, 5.74) is 0.758. The van der Waals surface area contributed by atoms with Crippen LogP contribution in [-0.4, -0.2) is 28.9 Å². The zero-order chi connectivity index (χ0) is 22.9. The van der Waals surface area contributed by atoms with Crippen LogP contribution in [0.2, 0.25) is 0 Å². The average molecular weight is 462 g/mol. The summed E-state index contributed by atoms with van der Waals surface area (Å²) in [5, 5.41) is 3.55. The zero-order valence-electron chi connectivity index (χ0n) is 18.0. The summed E-state index contributed by atoms with van der Waals surface area (Å²) in [7, 11) is -3.93. The fourth-order valence-corrected chi connectivity index (χ4v) is 6.02. The van der Waals surface area contributed by atoms with Crippen LogP contribution < -0.4 is 0 Å². The van der Waals surface area contributed by atoms with Crippen molar-refractivity contribution < 1.29 is 21.7 Å². The summed E-state index contributed by atoms with van der Waals surface area (Å²) in [5.74, 6) is -1.43. The zero-order valence-corrected chi connectivity index (χ0v) is 18.8. The third-order valence-electron chi connectivity index (χ3n) is 6.13. The highest BCUT2D eigenvalue weighted by Crippen LogP contribution is 2.34. The molecular weight excluding hydrogens is 436 g/mol. The van der Waals surface area contributed by atoms with Gasteiger partial charge in [-0.15, -0.1) is 0 Å². The van der Waals surface area contributed by atoms with Crippen LogP contribution in [0, 0.1) is 24.5 Å². The van der Waals surface area contributed by atoms with Crippen molar-refractivity contribution >= 4 is 10.0 Å². The maximum absolute atomic E-state index is 15.0. The van der Waals surface area contributed by atoms with Crippen molar-refractivity contribution in [2.45, 2.75) is 57.0 Å². The highest BCUT2D eigenvalue weighted by atomic mass is 32.2. The monoisotopic (exact) mass is 461 g/mol. The molecule has 170 valence electrons. The fraction of sp³-hybridized carbons (Fsp3) is 0.391. The van der Waals surface area contributed by atoms with E-state index in [4.69, 9.17) is 0 Å². The number of rotatable bonds is 6. The molecule has 9 heteroatoms. The van der Waals surface area contributed by atoms with Crippen LogP contribution in [0.1, 0.15) is 43.7 Å². The molecule has 6 nitrogen and oxygen atoms in total. The van der Waals surface area contributed by atoms with E-state index in [1.807, 2.05) is 13.8 Å². The van der Waals surface area contributed by atoms with Gasteiger partial charge < -0.3 is 4.52 Å². The molecular formula is C23H25F2N3O3S. The predicted molar refractivity (Wildman–Crippen MR) is 115 cm³/mol. The second-order valence-electron chi connectivity index (χ2n) is 8.37. The van der Waals surface area contributed by atoms with E-state index in [1.54, 1.807) is 24.3 Å². The molecule has 0 spiro atoms. The number of hydrogen-bond acceptors (Lipinski definition) is 5. The first-order valence-electron chi connectivity index (χ1n) is 10.6. The Hall–Kier alpha value is -2.65. The van der Waals surface area contributed by atoms with Gasteiger partial charge in [0, 0.05) is 18.2 Å². The highest BCUT2D eigenvalue weighted by Gasteiger charge is 2.36. The molecule has 0 amide bonds. The molecule has 0 N–H and O–H groups in total. The summed E-state index contributed by atoms with van der Waals surface area (Å²) in [6.07, 6.45) is 4.51. The second kappa shape index (κ2) is 9.07. The maximum atomic E-state index is 15.0. The molecule has 1 saturated carbocycles. The molecule has 1 heterocycles. The van der Waals surface area contributed by atoms with Crippen LogP contribution in [0.4, 0.5) is 8.78 Å². The molecule has 1 aliphatic carbocycles. The van der Waals surface area contributed by atoms with Gasteiger partial charge in [-0.1, -0.05) is 42.6 Å². The van der Waals surface area contributed by atoms with Gasteiger partial charge in [-0.2, -0.15) is 9.29 Å². The van der Waals surface area contributed by atoms with Gasteiger partial charge in [-0.05, 0) is 49.9 Å². The normalized spacial score (nSPS) is 19.4. The van der Waals surface area contributed by atoms with E-state index in [0.29, 0.717) is 6.42 Å². The maximum Gasteiger partial charge on any atom is 0.243 e. The lowest BCUT2D eigenvalue weighted by molar-refractivity contribution is 0.184. The third kappa shape index (κ3) is 4.45. The van der Waals surface area contributed by atoms with E-state index in [2.05, 4.69) is 14.7 Å². The van der Waals surface area contributed by atoms with Gasteiger partial charge >= 0.3 is 0 Å². The Balaban J connectivity index is 1.74. The van der Waals surface area contributed by atoms with E-state index < -0.39 is 21.7 Å². The first-order chi connectivity index (χ1) is 15.3. The first kappa shape index (κ1) is 22.5. The van der Waals surface area contributed by atoms with Gasteiger partial charge in [0.25, 0.3) is 0 Å². The Kier molecular flexibility index (Phi) is 6.39. The standard InChI is InChI=1S/C23H25F2N3O3S/c1-15-7-9-18(10-8-15)32(29,30)28(22-6-4-3-5-16(22)2)13-17-11-21(25)19(12-20(17)24)23-26-14-31-27-23/h7-12,14,16,22H,3-6,13H2,1-2H3. The lowest BCUT2D eigenvalue weighted by Crippen LogP contribution is -2.44. The Morgan fingerprint density at radius 2 is 1.81 bits per heavy atom. The van der Waals surface area contributed by atoms with Crippen molar-refractivity contribution in [3.63, 3.8) is 0 Å². The van der Waals surface area contributed by atoms with Gasteiger partial charge in [0.15, 0.2) is 0 Å². The molecule has 1 aliphatic rings. The van der Waals surface area contributed by atoms with Crippen LogP contribution >= 0.6 is 0 Å². The second-order valence-corrected chi connectivity index (χ2v) is 10.3. The average Bonchev–Trinajstić information content (AvgIpc) is 3.29. The quantitative estimate of drug-likeness (QED) is 0.511. The number of halogens is 2. The number of sulfonamides is 1. The van der Waals surface area contributed by atoms with Crippen molar-refractivity contribution in [2.24, 2.45) is 5.92 Å². The minimum atomic E-state index is -3.93. The van der Waals surface area contributed by atoms with Crippen LogP contribution in [0.15, 0.2) is 52.2 Å². The molecule has 0 bridgehead atoms. The minimum absolute atomic E-state index is 0.0387. The largest absolute Gasteiger partial charge is 0.342 e. The summed E-state index contributed by atoms with van der Waals surface area (Å²) in [6, 6.07) is 8.28. The van der Waals surface area contributed by atoms with Crippen molar-refractivity contribution in [3.8, 4) is 11.4 Å². The third-order valence-corrected chi connectivity index (χ3v) is 8.01. The Morgan fingerprint density at radius 1 is 1.09 bits per heavy atom. The molecule has 4 rings (SSSR count). The number of hydrogen-bond donors (Lipinski definition) is 0. The molecule has 1 fully saturated rings. The van der Waals surface area contributed by atoms with Gasteiger partial charge in [0.2, 0.25) is 22.2 Å². The molecule has 1 aromatic heterocycles. The van der Waals surface area contributed by atoms with Gasteiger partial charge in [0.05, 0.1) is 10.5 Å². The summed E-state index contributed by atoms with van der Waals surface area (Å²) in [6.45, 7) is 3.62. The molecule has 3 aromatic rings. The van der Waals surface area contributed by atoms with E-state index in [9.17, 15) is 12.8 Å². The molecule has 0 radical (unpaired) electrons. The van der Waals surface area contributed by atoms with Crippen LogP contribution in [0.25, 0.3) is 11.4 Å². The van der Waals surface area contributed by atoms with Crippen LogP contribution in [0.5, 0.6) is 0 Å². The van der Waals surface area contributed by atoms with Gasteiger partial charge in [-0.25, -0.2) is 17.2 Å².